The van der Waals surface area contributed by atoms with Gasteiger partial charge in [0.15, 0.2) is 0 Å². The van der Waals surface area contributed by atoms with E-state index < -0.39 is 0 Å². The Morgan fingerprint density at radius 3 is 2.12 bits per heavy atom. The molecule has 0 aromatic heterocycles. The molecule has 0 spiro atoms. The molecule has 0 aliphatic heterocycles. The van der Waals surface area contributed by atoms with Crippen LogP contribution in [0.25, 0.3) is 21.5 Å². The standard InChI is InChI=1S/C16H13Cl/c1-11(17)16-10-12-6-2-3-7-13(12)14-8-4-5-9-15(14)16/h2-11H,1H3. The Bertz CT molecular complexity index is 683. The normalized spacial score (nSPS) is 13.1. The first-order valence-corrected chi connectivity index (χ1v) is 6.25. The first-order chi connectivity index (χ1) is 8.27. The number of halogens is 1. The fraction of sp³-hybridized carbons (Fsp3) is 0.125. The van der Waals surface area contributed by atoms with Gasteiger partial charge in [0, 0.05) is 0 Å². The molecule has 0 aliphatic rings. The zero-order chi connectivity index (χ0) is 11.8. The van der Waals surface area contributed by atoms with E-state index in [1.807, 2.05) is 6.92 Å². The van der Waals surface area contributed by atoms with Gasteiger partial charge < -0.3 is 0 Å². The second-order valence-corrected chi connectivity index (χ2v) is 5.00. The molecule has 0 heterocycles. The third-order valence-corrected chi connectivity index (χ3v) is 3.46. The Labute approximate surface area is 106 Å². The molecule has 0 bridgehead atoms. The maximum atomic E-state index is 6.28. The highest BCUT2D eigenvalue weighted by Crippen LogP contribution is 2.33. The average molecular weight is 241 g/mol. The monoisotopic (exact) mass is 240 g/mol. The minimum Gasteiger partial charge on any atom is -0.118 e. The van der Waals surface area contributed by atoms with Crippen LogP contribution in [-0.2, 0) is 0 Å². The van der Waals surface area contributed by atoms with Gasteiger partial charge in [0.1, 0.15) is 0 Å². The molecule has 1 heteroatoms. The lowest BCUT2D eigenvalue weighted by Gasteiger charge is -2.11. The van der Waals surface area contributed by atoms with Gasteiger partial charge in [-0.3, -0.25) is 0 Å². The van der Waals surface area contributed by atoms with Crippen LogP contribution < -0.4 is 0 Å². The third kappa shape index (κ3) is 1.69. The van der Waals surface area contributed by atoms with E-state index in [0.29, 0.717) is 0 Å². The summed E-state index contributed by atoms with van der Waals surface area (Å²) in [4.78, 5) is 0. The molecule has 0 saturated heterocycles. The molecule has 0 saturated carbocycles. The van der Waals surface area contributed by atoms with Crippen molar-refractivity contribution >= 4 is 33.1 Å². The summed E-state index contributed by atoms with van der Waals surface area (Å²) >= 11 is 6.28. The number of fused-ring (bicyclic) bond motifs is 3. The lowest BCUT2D eigenvalue weighted by atomic mass is 9.96. The topological polar surface area (TPSA) is 0 Å². The van der Waals surface area contributed by atoms with Crippen LogP contribution in [0.5, 0.6) is 0 Å². The van der Waals surface area contributed by atoms with Crippen molar-refractivity contribution in [2.45, 2.75) is 12.3 Å². The van der Waals surface area contributed by atoms with E-state index in [-0.39, 0.29) is 5.38 Å². The van der Waals surface area contributed by atoms with Gasteiger partial charge in [-0.1, -0.05) is 48.5 Å². The molecule has 3 aromatic carbocycles. The van der Waals surface area contributed by atoms with Crippen LogP contribution >= 0.6 is 11.6 Å². The molecule has 0 radical (unpaired) electrons. The van der Waals surface area contributed by atoms with Crippen molar-refractivity contribution in [2.75, 3.05) is 0 Å². The molecule has 1 atom stereocenters. The van der Waals surface area contributed by atoms with Crippen LogP contribution in [0.1, 0.15) is 17.9 Å². The third-order valence-electron chi connectivity index (χ3n) is 3.23. The van der Waals surface area contributed by atoms with Crippen molar-refractivity contribution in [3.05, 3.63) is 60.2 Å². The number of rotatable bonds is 1. The first-order valence-electron chi connectivity index (χ1n) is 5.82. The maximum Gasteiger partial charge on any atom is 0.0563 e. The SMILES string of the molecule is CC(Cl)c1cc2ccccc2c2ccccc12. The zero-order valence-corrected chi connectivity index (χ0v) is 10.4. The summed E-state index contributed by atoms with van der Waals surface area (Å²) in [5.41, 5.74) is 1.21. The molecule has 84 valence electrons. The summed E-state index contributed by atoms with van der Waals surface area (Å²) in [5, 5.41) is 5.13. The first kappa shape index (κ1) is 10.6. The van der Waals surface area contributed by atoms with Crippen molar-refractivity contribution in [1.29, 1.82) is 0 Å². The van der Waals surface area contributed by atoms with Crippen molar-refractivity contribution in [3.63, 3.8) is 0 Å². The van der Waals surface area contributed by atoms with E-state index in [4.69, 9.17) is 11.6 Å². The van der Waals surface area contributed by atoms with Gasteiger partial charge in [-0.05, 0) is 40.1 Å². The van der Waals surface area contributed by atoms with Crippen molar-refractivity contribution in [3.8, 4) is 0 Å². The quantitative estimate of drug-likeness (QED) is 0.400. The summed E-state index contributed by atoms with van der Waals surface area (Å²) in [6.45, 7) is 2.03. The molecule has 3 rings (SSSR count). The number of hydrogen-bond acceptors (Lipinski definition) is 0. The zero-order valence-electron chi connectivity index (χ0n) is 9.65. The van der Waals surface area contributed by atoms with Gasteiger partial charge in [0.05, 0.1) is 5.38 Å². The Balaban J connectivity index is 2.55. The molecular formula is C16H13Cl. The minimum absolute atomic E-state index is 0.0320. The minimum atomic E-state index is 0.0320. The van der Waals surface area contributed by atoms with Crippen molar-refractivity contribution in [2.24, 2.45) is 0 Å². The highest BCUT2D eigenvalue weighted by molar-refractivity contribution is 6.22. The molecular weight excluding hydrogens is 228 g/mol. The Morgan fingerprint density at radius 2 is 1.41 bits per heavy atom. The Kier molecular flexibility index (Phi) is 2.53. The van der Waals surface area contributed by atoms with Crippen LogP contribution in [0.4, 0.5) is 0 Å². The number of hydrogen-bond donors (Lipinski definition) is 0. The van der Waals surface area contributed by atoms with E-state index in [0.717, 1.165) is 0 Å². The van der Waals surface area contributed by atoms with Crippen LogP contribution in [0.15, 0.2) is 54.6 Å². The highest BCUT2D eigenvalue weighted by Gasteiger charge is 2.09. The van der Waals surface area contributed by atoms with E-state index in [9.17, 15) is 0 Å². The van der Waals surface area contributed by atoms with Crippen molar-refractivity contribution < 1.29 is 0 Å². The summed E-state index contributed by atoms with van der Waals surface area (Å²) in [6.07, 6.45) is 0. The van der Waals surface area contributed by atoms with Gasteiger partial charge in [-0.15, -0.1) is 11.6 Å². The van der Waals surface area contributed by atoms with Crippen LogP contribution in [-0.4, -0.2) is 0 Å². The molecule has 0 fully saturated rings. The molecule has 17 heavy (non-hydrogen) atoms. The van der Waals surface area contributed by atoms with E-state index >= 15 is 0 Å². The summed E-state index contributed by atoms with van der Waals surface area (Å²) in [7, 11) is 0. The second-order valence-electron chi connectivity index (χ2n) is 4.35. The maximum absolute atomic E-state index is 6.28. The molecule has 0 aliphatic carbocycles. The largest absolute Gasteiger partial charge is 0.118 e. The fourth-order valence-electron chi connectivity index (χ4n) is 2.41. The number of benzene rings is 3. The fourth-order valence-corrected chi connectivity index (χ4v) is 2.59. The van der Waals surface area contributed by atoms with Gasteiger partial charge in [0.25, 0.3) is 0 Å². The molecule has 0 amide bonds. The predicted octanol–water partition coefficient (Wildman–Crippen LogP) is 5.29. The molecule has 1 unspecified atom stereocenters. The summed E-state index contributed by atoms with van der Waals surface area (Å²) in [5.74, 6) is 0. The van der Waals surface area contributed by atoms with Gasteiger partial charge in [-0.2, -0.15) is 0 Å². The molecule has 3 aromatic rings. The number of alkyl halides is 1. The van der Waals surface area contributed by atoms with Gasteiger partial charge >= 0.3 is 0 Å². The smallest absolute Gasteiger partial charge is 0.0563 e. The Hall–Kier alpha value is -1.53. The van der Waals surface area contributed by atoms with Gasteiger partial charge in [-0.25, -0.2) is 0 Å². The van der Waals surface area contributed by atoms with Gasteiger partial charge in [0.2, 0.25) is 0 Å². The summed E-state index contributed by atoms with van der Waals surface area (Å²) in [6, 6.07) is 19.1. The van der Waals surface area contributed by atoms with Crippen molar-refractivity contribution in [1.82, 2.24) is 0 Å². The van der Waals surface area contributed by atoms with E-state index in [1.54, 1.807) is 0 Å². The highest BCUT2D eigenvalue weighted by atomic mass is 35.5. The van der Waals surface area contributed by atoms with Crippen LogP contribution in [0.2, 0.25) is 0 Å². The van der Waals surface area contributed by atoms with E-state index in [2.05, 4.69) is 54.6 Å². The Morgan fingerprint density at radius 1 is 0.824 bits per heavy atom. The second kappa shape index (κ2) is 4.05. The summed E-state index contributed by atoms with van der Waals surface area (Å²) < 4.78 is 0. The molecule has 0 nitrogen and oxygen atoms in total. The lowest BCUT2D eigenvalue weighted by Crippen LogP contribution is -1.88. The van der Waals surface area contributed by atoms with Crippen LogP contribution in [0.3, 0.4) is 0 Å². The lowest BCUT2D eigenvalue weighted by molar-refractivity contribution is 1.10. The average Bonchev–Trinajstić information content (AvgIpc) is 2.37. The van der Waals surface area contributed by atoms with E-state index in [1.165, 1.54) is 27.1 Å². The predicted molar refractivity (Wildman–Crippen MR) is 75.7 cm³/mol. The molecule has 0 N–H and O–H groups in total. The van der Waals surface area contributed by atoms with Crippen LogP contribution in [0, 0.1) is 0 Å².